The van der Waals surface area contributed by atoms with Crippen LogP contribution in [0.2, 0.25) is 0 Å². The molecule has 0 aliphatic rings. The van der Waals surface area contributed by atoms with Crippen LogP contribution in [0.15, 0.2) is 0 Å². The minimum Gasteiger partial charge on any atom is -0.352 e. The largest absolute Gasteiger partial charge is 0.352 e. The SMILES string of the molecule is C=O.NC(N)=O.NCCNCCN.NCCNCCNCCN. The van der Waals surface area contributed by atoms with Crippen LogP contribution in [0.1, 0.15) is 0 Å². The van der Waals surface area contributed by atoms with Gasteiger partial charge in [-0.15, -0.1) is 0 Å². The molecule has 15 N–H and O–H groups in total. The predicted octanol–water partition coefficient (Wildman–Crippen LogP) is -4.58. The Labute approximate surface area is 139 Å². The van der Waals surface area contributed by atoms with Gasteiger partial charge in [0, 0.05) is 65.4 Å². The summed E-state index contributed by atoms with van der Waals surface area (Å²) in [5.74, 6) is 0. The molecule has 0 aliphatic carbocycles. The quantitative estimate of drug-likeness (QED) is 0.165. The first-order valence-electron chi connectivity index (χ1n) is 7.32. The minimum atomic E-state index is -0.833. The van der Waals surface area contributed by atoms with E-state index in [9.17, 15) is 0 Å². The summed E-state index contributed by atoms with van der Waals surface area (Å²) in [5.41, 5.74) is 29.4. The van der Waals surface area contributed by atoms with Crippen LogP contribution in [-0.4, -0.2) is 78.3 Å². The molecule has 142 valence electrons. The zero-order valence-corrected chi connectivity index (χ0v) is 14.1. The van der Waals surface area contributed by atoms with Crippen LogP contribution >= 0.6 is 0 Å². The number of nitrogens with two attached hydrogens (primary N) is 6. The Bertz CT molecular complexity index is 183. The third kappa shape index (κ3) is 77.1. The Morgan fingerprint density at radius 1 is 0.609 bits per heavy atom. The van der Waals surface area contributed by atoms with E-state index in [0.29, 0.717) is 26.2 Å². The zero-order valence-electron chi connectivity index (χ0n) is 14.1. The number of hydrogen-bond donors (Lipinski definition) is 9. The van der Waals surface area contributed by atoms with Crippen molar-refractivity contribution in [1.29, 1.82) is 0 Å². The fourth-order valence-electron chi connectivity index (χ4n) is 0.960. The van der Waals surface area contributed by atoms with Gasteiger partial charge in [0.1, 0.15) is 6.79 Å². The lowest BCUT2D eigenvalue weighted by Crippen LogP contribution is -2.32. The van der Waals surface area contributed by atoms with E-state index in [4.69, 9.17) is 32.5 Å². The maximum Gasteiger partial charge on any atom is 0.309 e. The summed E-state index contributed by atoms with van der Waals surface area (Å²) in [6, 6.07) is -0.833. The maximum absolute atomic E-state index is 9.00. The Morgan fingerprint density at radius 3 is 0.957 bits per heavy atom. The van der Waals surface area contributed by atoms with Crippen molar-refractivity contribution in [2.24, 2.45) is 34.4 Å². The maximum atomic E-state index is 9.00. The van der Waals surface area contributed by atoms with Gasteiger partial charge in [0.25, 0.3) is 0 Å². The van der Waals surface area contributed by atoms with Gasteiger partial charge in [-0.05, 0) is 0 Å². The zero-order chi connectivity index (χ0) is 18.8. The first-order valence-corrected chi connectivity index (χ1v) is 7.32. The molecular weight excluding hydrogens is 302 g/mol. The standard InChI is InChI=1S/C6H18N4.C4H13N3.CH4N2O.CH2O/c7-1-3-9-5-6-10-4-2-8;5-1-3-7-4-2-6;2-1(3)4;1-2/h9-10H,1-8H2;7H,1-6H2;(H4,2,3,4);1H2. The van der Waals surface area contributed by atoms with Crippen LogP contribution in [0.4, 0.5) is 4.79 Å². The van der Waals surface area contributed by atoms with Crippen LogP contribution in [0, 0.1) is 0 Å². The lowest BCUT2D eigenvalue weighted by atomic mass is 10.5. The topological polar surface area (TPSA) is 226 Å². The van der Waals surface area contributed by atoms with Crippen LogP contribution in [0.3, 0.4) is 0 Å². The van der Waals surface area contributed by atoms with Gasteiger partial charge in [0.05, 0.1) is 0 Å². The van der Waals surface area contributed by atoms with E-state index < -0.39 is 6.03 Å². The monoisotopic (exact) mass is 339 g/mol. The summed E-state index contributed by atoms with van der Waals surface area (Å²) in [6.45, 7) is 10.3. The van der Waals surface area contributed by atoms with E-state index in [1.807, 2.05) is 6.79 Å². The molecule has 0 radical (unpaired) electrons. The Hall–Kier alpha value is -1.34. The minimum absolute atomic E-state index is 0.694. The van der Waals surface area contributed by atoms with Crippen molar-refractivity contribution < 1.29 is 9.59 Å². The number of rotatable bonds is 11. The fourth-order valence-corrected chi connectivity index (χ4v) is 0.960. The average molecular weight is 339 g/mol. The highest BCUT2D eigenvalue weighted by molar-refractivity contribution is 5.69. The molecule has 0 aromatic heterocycles. The second-order valence-corrected chi connectivity index (χ2v) is 3.81. The van der Waals surface area contributed by atoms with Crippen molar-refractivity contribution in [3.8, 4) is 0 Å². The number of primary amides is 2. The van der Waals surface area contributed by atoms with E-state index in [0.717, 1.165) is 39.3 Å². The Morgan fingerprint density at radius 2 is 0.783 bits per heavy atom. The molecule has 0 aromatic carbocycles. The van der Waals surface area contributed by atoms with E-state index in [1.165, 1.54) is 0 Å². The van der Waals surface area contributed by atoms with Crippen molar-refractivity contribution in [2.75, 3.05) is 65.4 Å². The third-order valence-electron chi connectivity index (χ3n) is 1.76. The van der Waals surface area contributed by atoms with Gasteiger partial charge in [-0.2, -0.15) is 0 Å². The molecule has 0 spiro atoms. The molecule has 23 heavy (non-hydrogen) atoms. The van der Waals surface area contributed by atoms with E-state index in [-0.39, 0.29) is 0 Å². The highest BCUT2D eigenvalue weighted by atomic mass is 16.2. The number of amides is 2. The van der Waals surface area contributed by atoms with Gasteiger partial charge in [0.15, 0.2) is 0 Å². The van der Waals surface area contributed by atoms with Gasteiger partial charge >= 0.3 is 6.03 Å². The third-order valence-corrected chi connectivity index (χ3v) is 1.76. The van der Waals surface area contributed by atoms with Gasteiger partial charge in [-0.3, -0.25) is 0 Å². The molecule has 0 unspecified atom stereocenters. The Kier molecular flexibility index (Phi) is 47.9. The van der Waals surface area contributed by atoms with Crippen molar-refractivity contribution in [2.45, 2.75) is 0 Å². The Balaban J connectivity index is -0.000000121. The molecule has 0 aromatic rings. The molecule has 0 rings (SSSR count). The molecule has 0 saturated carbocycles. The summed E-state index contributed by atoms with van der Waals surface area (Å²) in [6.07, 6.45) is 0. The van der Waals surface area contributed by atoms with Gasteiger partial charge in [-0.1, -0.05) is 0 Å². The van der Waals surface area contributed by atoms with Crippen molar-refractivity contribution in [1.82, 2.24) is 16.0 Å². The summed E-state index contributed by atoms with van der Waals surface area (Å²) in [5, 5.41) is 9.37. The average Bonchev–Trinajstić information content (AvgIpc) is 2.53. The van der Waals surface area contributed by atoms with Gasteiger partial charge in [-0.25, -0.2) is 4.79 Å². The normalized spacial score (nSPS) is 8.52. The smallest absolute Gasteiger partial charge is 0.309 e. The van der Waals surface area contributed by atoms with E-state index in [1.54, 1.807) is 0 Å². The molecule has 2 amide bonds. The predicted molar refractivity (Wildman–Crippen MR) is 95.7 cm³/mol. The molecule has 0 fully saturated rings. The summed E-state index contributed by atoms with van der Waals surface area (Å²) in [7, 11) is 0. The first kappa shape index (κ1) is 29.6. The fraction of sp³-hybridized carbons (Fsp3) is 0.833. The van der Waals surface area contributed by atoms with Gasteiger partial charge < -0.3 is 55.1 Å². The summed E-state index contributed by atoms with van der Waals surface area (Å²) in [4.78, 5) is 17.0. The van der Waals surface area contributed by atoms with Crippen LogP contribution in [0.5, 0.6) is 0 Å². The highest BCUT2D eigenvalue weighted by Crippen LogP contribution is 1.57. The molecular formula is C12H37N9O2. The lowest BCUT2D eigenvalue weighted by Gasteiger charge is -2.03. The molecule has 11 nitrogen and oxygen atoms in total. The number of urea groups is 1. The number of carbonyl (C=O) groups excluding carboxylic acids is 2. The first-order chi connectivity index (χ1) is 11.1. The van der Waals surface area contributed by atoms with E-state index in [2.05, 4.69) is 27.4 Å². The van der Waals surface area contributed by atoms with Crippen LogP contribution in [-0.2, 0) is 4.79 Å². The molecule has 0 heterocycles. The molecule has 0 bridgehead atoms. The number of carbonyl (C=O) groups is 2. The molecule has 0 atom stereocenters. The number of hydrogen-bond acceptors (Lipinski definition) is 9. The lowest BCUT2D eigenvalue weighted by molar-refractivity contribution is -0.0979. The second-order valence-electron chi connectivity index (χ2n) is 3.81. The second kappa shape index (κ2) is 37.2. The van der Waals surface area contributed by atoms with Crippen LogP contribution in [0.25, 0.3) is 0 Å². The molecule has 0 saturated heterocycles. The summed E-state index contributed by atoms with van der Waals surface area (Å²) < 4.78 is 0. The molecule has 0 aliphatic heterocycles. The van der Waals surface area contributed by atoms with Crippen LogP contribution < -0.4 is 50.4 Å². The molecule has 11 heteroatoms. The van der Waals surface area contributed by atoms with E-state index >= 15 is 0 Å². The van der Waals surface area contributed by atoms with Crippen molar-refractivity contribution in [3.05, 3.63) is 0 Å². The highest BCUT2D eigenvalue weighted by Gasteiger charge is 1.83. The van der Waals surface area contributed by atoms with Gasteiger partial charge in [0.2, 0.25) is 0 Å². The van der Waals surface area contributed by atoms with Crippen molar-refractivity contribution in [3.63, 3.8) is 0 Å². The van der Waals surface area contributed by atoms with Crippen molar-refractivity contribution >= 4 is 12.8 Å². The summed E-state index contributed by atoms with van der Waals surface area (Å²) >= 11 is 0. The number of nitrogens with one attached hydrogen (secondary N) is 3.